The highest BCUT2D eigenvalue weighted by Gasteiger charge is 2.40. The first-order valence-corrected chi connectivity index (χ1v) is 6.45. The van der Waals surface area contributed by atoms with Crippen molar-refractivity contribution in [2.24, 2.45) is 16.6 Å². The van der Waals surface area contributed by atoms with Gasteiger partial charge < -0.3 is 15.8 Å². The molecule has 1 rings (SSSR count). The molecule has 1 saturated carbocycles. The maximum absolute atomic E-state index is 12.2. The largest absolute Gasteiger partial charge is 0.469 e. The first-order chi connectivity index (χ1) is 8.38. The van der Waals surface area contributed by atoms with Gasteiger partial charge in [0.2, 0.25) is 5.91 Å². The summed E-state index contributed by atoms with van der Waals surface area (Å²) in [5.41, 5.74) is 4.61. The van der Waals surface area contributed by atoms with Gasteiger partial charge in [-0.3, -0.25) is 9.59 Å². The number of nitrogens with one attached hydrogen (secondary N) is 1. The molecular formula is C13H24N2O3. The number of hydrogen-bond donors (Lipinski definition) is 2. The quantitative estimate of drug-likeness (QED) is 0.714. The maximum atomic E-state index is 12.2. The summed E-state index contributed by atoms with van der Waals surface area (Å²) in [6.45, 7) is 4.16. The summed E-state index contributed by atoms with van der Waals surface area (Å²) in [5, 5.41) is 2.85. The van der Waals surface area contributed by atoms with Crippen molar-refractivity contribution in [3.8, 4) is 0 Å². The van der Waals surface area contributed by atoms with Gasteiger partial charge in [0.1, 0.15) is 0 Å². The number of rotatable bonds is 5. The van der Waals surface area contributed by atoms with E-state index in [9.17, 15) is 9.59 Å². The van der Waals surface area contributed by atoms with E-state index in [2.05, 4.69) is 5.32 Å². The minimum absolute atomic E-state index is 0.0283. The van der Waals surface area contributed by atoms with Crippen molar-refractivity contribution < 1.29 is 14.3 Å². The molecule has 3 N–H and O–H groups in total. The summed E-state index contributed by atoms with van der Waals surface area (Å²) in [5.74, 6) is -0.351. The van der Waals surface area contributed by atoms with Gasteiger partial charge in [0.25, 0.3) is 0 Å². The lowest BCUT2D eigenvalue weighted by molar-refractivity contribution is -0.150. The van der Waals surface area contributed by atoms with Crippen LogP contribution in [0.15, 0.2) is 0 Å². The first kappa shape index (κ1) is 15.0. The highest BCUT2D eigenvalue weighted by atomic mass is 16.5. The Morgan fingerprint density at radius 1 is 1.33 bits per heavy atom. The van der Waals surface area contributed by atoms with Crippen LogP contribution in [0, 0.1) is 10.8 Å². The zero-order valence-corrected chi connectivity index (χ0v) is 11.5. The minimum atomic E-state index is -0.710. The number of nitrogens with two attached hydrogens (primary N) is 1. The van der Waals surface area contributed by atoms with Crippen LogP contribution in [-0.4, -0.2) is 32.1 Å². The summed E-state index contributed by atoms with van der Waals surface area (Å²) in [7, 11) is 1.35. The molecule has 1 aliphatic carbocycles. The fraction of sp³-hybridized carbons (Fsp3) is 0.846. The van der Waals surface area contributed by atoms with E-state index in [0.29, 0.717) is 6.54 Å². The van der Waals surface area contributed by atoms with Crippen LogP contribution in [0.1, 0.15) is 39.5 Å². The lowest BCUT2D eigenvalue weighted by Crippen LogP contribution is -2.48. The smallest absolute Gasteiger partial charge is 0.313 e. The molecule has 104 valence electrons. The zero-order valence-electron chi connectivity index (χ0n) is 11.5. The van der Waals surface area contributed by atoms with Crippen molar-refractivity contribution >= 4 is 11.9 Å². The maximum Gasteiger partial charge on any atom is 0.313 e. The lowest BCUT2D eigenvalue weighted by atomic mass is 9.84. The van der Waals surface area contributed by atoms with Crippen LogP contribution in [0.3, 0.4) is 0 Å². The van der Waals surface area contributed by atoms with Crippen LogP contribution in [0.2, 0.25) is 0 Å². The monoisotopic (exact) mass is 256 g/mol. The summed E-state index contributed by atoms with van der Waals surface area (Å²) in [6.07, 6.45) is 3.78. The van der Waals surface area contributed by atoms with Gasteiger partial charge in [-0.1, -0.05) is 12.8 Å². The predicted molar refractivity (Wildman–Crippen MR) is 68.8 cm³/mol. The highest BCUT2D eigenvalue weighted by Crippen LogP contribution is 2.37. The molecule has 1 aliphatic rings. The molecule has 1 amide bonds. The number of amides is 1. The second-order valence-corrected chi connectivity index (χ2v) is 5.75. The van der Waals surface area contributed by atoms with Crippen LogP contribution in [0.5, 0.6) is 0 Å². The molecule has 5 heteroatoms. The van der Waals surface area contributed by atoms with Gasteiger partial charge in [-0.2, -0.15) is 0 Å². The minimum Gasteiger partial charge on any atom is -0.469 e. The van der Waals surface area contributed by atoms with Crippen molar-refractivity contribution in [2.75, 3.05) is 20.2 Å². The second-order valence-electron chi connectivity index (χ2n) is 5.75. The molecule has 0 aromatic rings. The molecule has 0 aromatic heterocycles. The van der Waals surface area contributed by atoms with E-state index in [-0.39, 0.29) is 18.4 Å². The summed E-state index contributed by atoms with van der Waals surface area (Å²) >= 11 is 0. The summed E-state index contributed by atoms with van der Waals surface area (Å²) in [6, 6.07) is 0. The predicted octanol–water partition coefficient (Wildman–Crippen LogP) is 0.821. The Morgan fingerprint density at radius 3 is 2.33 bits per heavy atom. The topological polar surface area (TPSA) is 81.4 Å². The molecule has 0 aliphatic heterocycles. The van der Waals surface area contributed by atoms with Crippen molar-refractivity contribution in [1.29, 1.82) is 0 Å². The van der Waals surface area contributed by atoms with Gasteiger partial charge >= 0.3 is 5.97 Å². The molecule has 0 saturated heterocycles. The first-order valence-electron chi connectivity index (χ1n) is 6.45. The molecule has 0 aromatic carbocycles. The normalized spacial score (nSPS) is 18.4. The number of hydrogen-bond acceptors (Lipinski definition) is 4. The molecule has 18 heavy (non-hydrogen) atoms. The van der Waals surface area contributed by atoms with Gasteiger partial charge in [0.15, 0.2) is 0 Å². The lowest BCUT2D eigenvalue weighted by Gasteiger charge is -2.28. The molecule has 0 radical (unpaired) electrons. The van der Waals surface area contributed by atoms with Crippen LogP contribution in [-0.2, 0) is 14.3 Å². The Kier molecular flexibility index (Phi) is 4.73. The van der Waals surface area contributed by atoms with Gasteiger partial charge in [-0.05, 0) is 26.7 Å². The Balaban J connectivity index is 2.58. The van der Waals surface area contributed by atoms with Crippen LogP contribution in [0.25, 0.3) is 0 Å². The Hall–Kier alpha value is -1.10. The molecule has 0 heterocycles. The van der Waals surface area contributed by atoms with Crippen molar-refractivity contribution in [1.82, 2.24) is 5.32 Å². The van der Waals surface area contributed by atoms with E-state index < -0.39 is 10.8 Å². The van der Waals surface area contributed by atoms with Crippen LogP contribution >= 0.6 is 0 Å². The average molecular weight is 256 g/mol. The van der Waals surface area contributed by atoms with Gasteiger partial charge in [-0.25, -0.2) is 0 Å². The highest BCUT2D eigenvalue weighted by molar-refractivity contribution is 5.84. The molecule has 0 spiro atoms. The van der Waals surface area contributed by atoms with Gasteiger partial charge in [0, 0.05) is 13.1 Å². The molecular weight excluding hydrogens is 232 g/mol. The Bertz CT molecular complexity index is 320. The molecule has 5 nitrogen and oxygen atoms in total. The van der Waals surface area contributed by atoms with E-state index in [1.54, 1.807) is 13.8 Å². The van der Waals surface area contributed by atoms with Crippen molar-refractivity contribution in [2.45, 2.75) is 39.5 Å². The average Bonchev–Trinajstić information content (AvgIpc) is 2.84. The van der Waals surface area contributed by atoms with E-state index in [1.165, 1.54) is 7.11 Å². The second kappa shape index (κ2) is 5.69. The summed E-state index contributed by atoms with van der Waals surface area (Å²) < 4.78 is 4.71. The van der Waals surface area contributed by atoms with E-state index in [4.69, 9.17) is 10.5 Å². The van der Waals surface area contributed by atoms with Gasteiger partial charge in [0.05, 0.1) is 17.9 Å². The molecule has 0 atom stereocenters. The number of carbonyl (C=O) groups excluding carboxylic acids is 2. The Labute approximate surface area is 108 Å². The van der Waals surface area contributed by atoms with Gasteiger partial charge in [-0.15, -0.1) is 0 Å². The number of methoxy groups -OCH3 is 1. The van der Waals surface area contributed by atoms with E-state index in [0.717, 1.165) is 25.7 Å². The standard InChI is InChI=1S/C13H24N2O3/c1-12(2,11(17)18-3)9-15-10(16)13(8-14)6-4-5-7-13/h4-9,14H2,1-3H3,(H,15,16). The number of carbonyl (C=O) groups is 2. The van der Waals surface area contributed by atoms with E-state index in [1.807, 2.05) is 0 Å². The molecule has 0 unspecified atom stereocenters. The summed E-state index contributed by atoms with van der Waals surface area (Å²) in [4.78, 5) is 23.7. The number of esters is 1. The zero-order chi connectivity index (χ0) is 13.8. The fourth-order valence-corrected chi connectivity index (χ4v) is 2.41. The molecule has 1 fully saturated rings. The van der Waals surface area contributed by atoms with Crippen LogP contribution < -0.4 is 11.1 Å². The number of ether oxygens (including phenoxy) is 1. The third-order valence-electron chi connectivity index (χ3n) is 3.86. The molecule has 0 bridgehead atoms. The third-order valence-corrected chi connectivity index (χ3v) is 3.86. The SMILES string of the molecule is COC(=O)C(C)(C)CNC(=O)C1(CN)CCCC1. The van der Waals surface area contributed by atoms with E-state index >= 15 is 0 Å². The Morgan fingerprint density at radius 2 is 1.89 bits per heavy atom. The van der Waals surface area contributed by atoms with Crippen LogP contribution in [0.4, 0.5) is 0 Å². The fourth-order valence-electron chi connectivity index (χ4n) is 2.41. The van der Waals surface area contributed by atoms with Crippen molar-refractivity contribution in [3.63, 3.8) is 0 Å². The van der Waals surface area contributed by atoms with Crippen molar-refractivity contribution in [3.05, 3.63) is 0 Å². The third kappa shape index (κ3) is 3.02.